The summed E-state index contributed by atoms with van der Waals surface area (Å²) in [6, 6.07) is 4.18. The van der Waals surface area contributed by atoms with E-state index in [1.54, 1.807) is 0 Å². The third-order valence-corrected chi connectivity index (χ3v) is 5.97. The molecule has 1 aromatic heterocycles. The second kappa shape index (κ2) is 6.73. The van der Waals surface area contributed by atoms with Crippen LogP contribution in [0.2, 0.25) is 0 Å². The lowest BCUT2D eigenvalue weighted by atomic mass is 10.2. The smallest absolute Gasteiger partial charge is 0.349 e. The molecule has 1 aromatic carbocycles. The van der Waals surface area contributed by atoms with Crippen molar-refractivity contribution >= 4 is 27.3 Å². The van der Waals surface area contributed by atoms with Crippen LogP contribution in [0.5, 0.6) is 0 Å². The van der Waals surface area contributed by atoms with Gasteiger partial charge in [0.1, 0.15) is 21.4 Å². The lowest BCUT2D eigenvalue weighted by molar-refractivity contribution is 0.0602. The fourth-order valence-corrected chi connectivity index (χ4v) is 4.34. The van der Waals surface area contributed by atoms with Crippen molar-refractivity contribution in [2.45, 2.75) is 11.4 Å². The molecule has 2 aromatic rings. The average Bonchev–Trinajstić information content (AvgIpc) is 2.99. The number of thiophene rings is 1. The van der Waals surface area contributed by atoms with Crippen LogP contribution in [-0.2, 0) is 21.3 Å². The fraction of sp³-hybridized carbons (Fsp3) is 0.214. The van der Waals surface area contributed by atoms with E-state index in [0.29, 0.717) is 6.07 Å². The Labute approximate surface area is 136 Å². The molecular formula is C14H13F2NO4S2. The number of methoxy groups -OCH3 is 1. The summed E-state index contributed by atoms with van der Waals surface area (Å²) in [4.78, 5) is 11.4. The quantitative estimate of drug-likeness (QED) is 0.768. The van der Waals surface area contributed by atoms with Gasteiger partial charge in [0.2, 0.25) is 10.0 Å². The maximum atomic E-state index is 13.7. The molecule has 23 heavy (non-hydrogen) atoms. The summed E-state index contributed by atoms with van der Waals surface area (Å²) in [6.07, 6.45) is 0. The van der Waals surface area contributed by atoms with E-state index in [4.69, 9.17) is 0 Å². The Morgan fingerprint density at radius 1 is 1.30 bits per heavy atom. The maximum Gasteiger partial charge on any atom is 0.349 e. The normalized spacial score (nSPS) is 11.7. The third kappa shape index (κ3) is 3.57. The highest BCUT2D eigenvalue weighted by Gasteiger charge is 2.28. The SMILES string of the molecule is COC(=O)c1sccc1S(=O)(=O)N(C)Cc1ccc(F)cc1F. The van der Waals surface area contributed by atoms with Crippen LogP contribution in [0, 0.1) is 11.6 Å². The summed E-state index contributed by atoms with van der Waals surface area (Å²) >= 11 is 0.934. The number of benzene rings is 1. The van der Waals surface area contributed by atoms with Gasteiger partial charge in [-0.2, -0.15) is 4.31 Å². The molecule has 5 nitrogen and oxygen atoms in total. The average molecular weight is 361 g/mol. The van der Waals surface area contributed by atoms with E-state index in [0.717, 1.165) is 28.8 Å². The van der Waals surface area contributed by atoms with Crippen molar-refractivity contribution in [2.24, 2.45) is 0 Å². The minimum absolute atomic E-state index is 0.0207. The van der Waals surface area contributed by atoms with Gasteiger partial charge in [0.25, 0.3) is 0 Å². The van der Waals surface area contributed by atoms with Crippen LogP contribution in [0.1, 0.15) is 15.2 Å². The van der Waals surface area contributed by atoms with Crippen LogP contribution in [0.15, 0.2) is 34.5 Å². The van der Waals surface area contributed by atoms with Gasteiger partial charge in [-0.15, -0.1) is 11.3 Å². The summed E-state index contributed by atoms with van der Waals surface area (Å²) in [5.41, 5.74) is 0.0207. The van der Waals surface area contributed by atoms with E-state index in [2.05, 4.69) is 4.74 Å². The van der Waals surface area contributed by atoms with Gasteiger partial charge in [-0.1, -0.05) is 6.07 Å². The van der Waals surface area contributed by atoms with Gasteiger partial charge in [0, 0.05) is 25.2 Å². The van der Waals surface area contributed by atoms with E-state index in [1.807, 2.05) is 0 Å². The second-order valence-corrected chi connectivity index (χ2v) is 7.53. The van der Waals surface area contributed by atoms with Gasteiger partial charge in [0.15, 0.2) is 0 Å². The zero-order chi connectivity index (χ0) is 17.2. The molecule has 0 saturated carbocycles. The number of rotatable bonds is 5. The maximum absolute atomic E-state index is 13.7. The topological polar surface area (TPSA) is 63.7 Å². The molecular weight excluding hydrogens is 348 g/mol. The first-order chi connectivity index (χ1) is 10.8. The van der Waals surface area contributed by atoms with E-state index in [-0.39, 0.29) is 21.9 Å². The Bertz CT molecular complexity index is 833. The van der Waals surface area contributed by atoms with Crippen molar-refractivity contribution in [3.63, 3.8) is 0 Å². The van der Waals surface area contributed by atoms with E-state index in [1.165, 1.54) is 24.6 Å². The van der Waals surface area contributed by atoms with Crippen LogP contribution in [0.4, 0.5) is 8.78 Å². The standard InChI is InChI=1S/C14H13F2NO4S2/c1-17(8-9-3-4-10(15)7-11(9)16)23(19,20)12-5-6-22-13(12)14(18)21-2/h3-7H,8H2,1-2H3. The van der Waals surface area contributed by atoms with Crippen molar-refractivity contribution < 1.29 is 26.7 Å². The van der Waals surface area contributed by atoms with Gasteiger partial charge in [0.05, 0.1) is 7.11 Å². The van der Waals surface area contributed by atoms with Crippen molar-refractivity contribution in [3.8, 4) is 0 Å². The number of hydrogen-bond acceptors (Lipinski definition) is 5. The van der Waals surface area contributed by atoms with Crippen LogP contribution in [0.3, 0.4) is 0 Å². The van der Waals surface area contributed by atoms with Gasteiger partial charge in [-0.05, 0) is 17.5 Å². The second-order valence-electron chi connectivity index (χ2n) is 4.60. The molecule has 0 atom stereocenters. The molecule has 0 aliphatic rings. The predicted octanol–water partition coefficient (Wildman–Crippen LogP) is 2.63. The summed E-state index contributed by atoms with van der Waals surface area (Å²) < 4.78 is 57.1. The molecule has 9 heteroatoms. The molecule has 0 fully saturated rings. The molecule has 124 valence electrons. The summed E-state index contributed by atoms with van der Waals surface area (Å²) in [5.74, 6) is -2.35. The number of nitrogens with zero attached hydrogens (tertiary/aromatic N) is 1. The largest absolute Gasteiger partial charge is 0.465 e. The zero-order valence-electron chi connectivity index (χ0n) is 12.2. The van der Waals surface area contributed by atoms with Gasteiger partial charge >= 0.3 is 5.97 Å². The highest BCUT2D eigenvalue weighted by atomic mass is 32.2. The highest BCUT2D eigenvalue weighted by Crippen LogP contribution is 2.26. The fourth-order valence-electron chi connectivity index (χ4n) is 1.88. The molecule has 0 aliphatic heterocycles. The third-order valence-electron chi connectivity index (χ3n) is 3.10. The minimum atomic E-state index is -4.02. The van der Waals surface area contributed by atoms with Crippen molar-refractivity contribution in [1.29, 1.82) is 0 Å². The van der Waals surface area contributed by atoms with Gasteiger partial charge < -0.3 is 4.74 Å². The summed E-state index contributed by atoms with van der Waals surface area (Å²) in [5, 5.41) is 1.45. The summed E-state index contributed by atoms with van der Waals surface area (Å²) in [6.45, 7) is -0.301. The molecule has 0 aliphatic carbocycles. The Kier molecular flexibility index (Phi) is 5.12. The first-order valence-electron chi connectivity index (χ1n) is 6.33. The van der Waals surface area contributed by atoms with E-state index >= 15 is 0 Å². The monoisotopic (exact) mass is 361 g/mol. The molecule has 0 spiro atoms. The van der Waals surface area contributed by atoms with Gasteiger partial charge in [-0.3, -0.25) is 0 Å². The number of esters is 1. The molecule has 2 rings (SSSR count). The Morgan fingerprint density at radius 3 is 2.61 bits per heavy atom. The van der Waals surface area contributed by atoms with Crippen molar-refractivity contribution in [3.05, 3.63) is 51.7 Å². The van der Waals surface area contributed by atoms with Crippen LogP contribution in [0.25, 0.3) is 0 Å². The molecule has 0 radical (unpaired) electrons. The molecule has 0 saturated heterocycles. The van der Waals surface area contributed by atoms with Crippen molar-refractivity contribution in [1.82, 2.24) is 4.31 Å². The summed E-state index contributed by atoms with van der Waals surface area (Å²) in [7, 11) is -1.63. The number of carbonyl (C=O) groups excluding carboxylic acids is 1. The Balaban J connectivity index is 2.33. The lowest BCUT2D eigenvalue weighted by Crippen LogP contribution is -2.27. The molecule has 0 N–H and O–H groups in total. The molecule has 0 unspecified atom stereocenters. The predicted molar refractivity (Wildman–Crippen MR) is 80.7 cm³/mol. The minimum Gasteiger partial charge on any atom is -0.465 e. The van der Waals surface area contributed by atoms with E-state index < -0.39 is 27.6 Å². The Hall–Kier alpha value is -1.84. The number of sulfonamides is 1. The molecule has 1 heterocycles. The van der Waals surface area contributed by atoms with Gasteiger partial charge in [-0.25, -0.2) is 22.0 Å². The first kappa shape index (κ1) is 17.5. The lowest BCUT2D eigenvalue weighted by Gasteiger charge is -2.17. The Morgan fingerprint density at radius 2 is 2.00 bits per heavy atom. The zero-order valence-corrected chi connectivity index (χ0v) is 13.9. The van der Waals surface area contributed by atoms with E-state index in [9.17, 15) is 22.0 Å². The molecule has 0 amide bonds. The van der Waals surface area contributed by atoms with Crippen LogP contribution < -0.4 is 0 Å². The number of hydrogen-bond donors (Lipinski definition) is 0. The first-order valence-corrected chi connectivity index (χ1v) is 8.65. The highest BCUT2D eigenvalue weighted by molar-refractivity contribution is 7.89. The number of halogens is 2. The van der Waals surface area contributed by atoms with Crippen molar-refractivity contribution in [2.75, 3.05) is 14.2 Å². The van der Waals surface area contributed by atoms with Crippen LogP contribution in [-0.4, -0.2) is 32.8 Å². The number of ether oxygens (including phenoxy) is 1. The van der Waals surface area contributed by atoms with Crippen LogP contribution >= 0.6 is 11.3 Å². The molecule has 0 bridgehead atoms. The number of carbonyl (C=O) groups is 1.